The SMILES string of the molecule is Cc1cc(C)c(C#N)c(SCc2nc3ccsc3c(=O)[nH]2)n1. The molecule has 110 valence electrons. The first kappa shape index (κ1) is 14.8. The molecule has 3 heterocycles. The van der Waals surface area contributed by atoms with Crippen LogP contribution in [0.2, 0.25) is 0 Å². The number of pyridine rings is 1. The zero-order valence-electron chi connectivity index (χ0n) is 12.0. The third-order valence-electron chi connectivity index (χ3n) is 3.13. The first-order valence-electron chi connectivity index (χ1n) is 6.56. The van der Waals surface area contributed by atoms with E-state index in [0.29, 0.717) is 32.4 Å². The second-order valence-corrected chi connectivity index (χ2v) is 6.69. The van der Waals surface area contributed by atoms with Crippen molar-refractivity contribution in [2.45, 2.75) is 24.6 Å². The highest BCUT2D eigenvalue weighted by molar-refractivity contribution is 7.98. The maximum atomic E-state index is 11.9. The molecule has 0 radical (unpaired) electrons. The summed E-state index contributed by atoms with van der Waals surface area (Å²) in [5.74, 6) is 1.05. The predicted octanol–water partition coefficient (Wildman–Crippen LogP) is 3.16. The van der Waals surface area contributed by atoms with Crippen LogP contribution >= 0.6 is 23.1 Å². The molecule has 0 aliphatic carbocycles. The molecule has 0 aliphatic heterocycles. The molecular formula is C15H12N4OS2. The maximum absolute atomic E-state index is 11.9. The number of hydrogen-bond donors (Lipinski definition) is 1. The molecule has 5 nitrogen and oxygen atoms in total. The van der Waals surface area contributed by atoms with Crippen LogP contribution in [-0.4, -0.2) is 15.0 Å². The number of nitriles is 1. The molecule has 3 aromatic rings. The molecule has 0 aliphatic rings. The number of rotatable bonds is 3. The molecule has 0 saturated heterocycles. The first-order valence-corrected chi connectivity index (χ1v) is 8.42. The van der Waals surface area contributed by atoms with Crippen LogP contribution in [0.1, 0.15) is 22.6 Å². The molecule has 0 spiro atoms. The summed E-state index contributed by atoms with van der Waals surface area (Å²) in [6, 6.07) is 5.91. The highest BCUT2D eigenvalue weighted by atomic mass is 32.2. The average Bonchev–Trinajstić information content (AvgIpc) is 2.93. The molecule has 0 fully saturated rings. The van der Waals surface area contributed by atoms with Gasteiger partial charge in [-0.1, -0.05) is 11.8 Å². The highest BCUT2D eigenvalue weighted by Crippen LogP contribution is 2.26. The van der Waals surface area contributed by atoms with E-state index in [4.69, 9.17) is 0 Å². The summed E-state index contributed by atoms with van der Waals surface area (Å²) < 4.78 is 0.635. The summed E-state index contributed by atoms with van der Waals surface area (Å²) in [5, 5.41) is 11.8. The summed E-state index contributed by atoms with van der Waals surface area (Å²) in [7, 11) is 0. The Balaban J connectivity index is 1.91. The van der Waals surface area contributed by atoms with Crippen LogP contribution in [0.3, 0.4) is 0 Å². The molecule has 0 saturated carbocycles. The standard InChI is InChI=1S/C15H12N4OS2/c1-8-5-9(2)17-15(10(8)6-16)22-7-12-18-11-3-4-21-13(11)14(20)19-12/h3-5H,7H2,1-2H3,(H,18,19,20). The number of fused-ring (bicyclic) bond motifs is 1. The Morgan fingerprint density at radius 1 is 1.41 bits per heavy atom. The predicted molar refractivity (Wildman–Crippen MR) is 88.2 cm³/mol. The molecule has 0 unspecified atom stereocenters. The summed E-state index contributed by atoms with van der Waals surface area (Å²) in [6.45, 7) is 3.80. The Hall–Kier alpha value is -2.17. The number of thioether (sulfide) groups is 1. The van der Waals surface area contributed by atoms with Crippen molar-refractivity contribution < 1.29 is 0 Å². The molecule has 0 bridgehead atoms. The molecule has 3 aromatic heterocycles. The summed E-state index contributed by atoms with van der Waals surface area (Å²) in [4.78, 5) is 23.6. The summed E-state index contributed by atoms with van der Waals surface area (Å²) in [6.07, 6.45) is 0. The Labute approximate surface area is 135 Å². The molecule has 7 heteroatoms. The van der Waals surface area contributed by atoms with Crippen LogP contribution < -0.4 is 5.56 Å². The van der Waals surface area contributed by atoms with Gasteiger partial charge in [-0.25, -0.2) is 9.97 Å². The van der Waals surface area contributed by atoms with E-state index in [1.165, 1.54) is 23.1 Å². The molecule has 0 atom stereocenters. The second kappa shape index (κ2) is 5.91. The minimum absolute atomic E-state index is 0.121. The molecule has 0 aromatic carbocycles. The summed E-state index contributed by atoms with van der Waals surface area (Å²) >= 11 is 2.79. The van der Waals surface area contributed by atoms with E-state index in [2.05, 4.69) is 21.0 Å². The van der Waals surface area contributed by atoms with Gasteiger partial charge in [-0.3, -0.25) is 4.79 Å². The van der Waals surface area contributed by atoms with E-state index in [9.17, 15) is 10.1 Å². The van der Waals surface area contributed by atoms with Crippen LogP contribution in [-0.2, 0) is 5.75 Å². The van der Waals surface area contributed by atoms with Crippen LogP contribution in [0.25, 0.3) is 10.2 Å². The van der Waals surface area contributed by atoms with Crippen molar-refractivity contribution in [1.29, 1.82) is 5.26 Å². The van der Waals surface area contributed by atoms with Gasteiger partial charge in [0.25, 0.3) is 5.56 Å². The van der Waals surface area contributed by atoms with Gasteiger partial charge in [0.05, 0.1) is 16.8 Å². The van der Waals surface area contributed by atoms with Crippen molar-refractivity contribution >= 4 is 33.3 Å². The van der Waals surface area contributed by atoms with Gasteiger partial charge in [0, 0.05) is 5.69 Å². The van der Waals surface area contributed by atoms with Gasteiger partial charge in [0.15, 0.2) is 0 Å². The van der Waals surface area contributed by atoms with E-state index in [1.54, 1.807) is 0 Å². The minimum Gasteiger partial charge on any atom is -0.309 e. The van der Waals surface area contributed by atoms with Crippen LogP contribution in [0, 0.1) is 25.2 Å². The lowest BCUT2D eigenvalue weighted by Crippen LogP contribution is -2.09. The number of aromatic nitrogens is 3. The number of H-pyrrole nitrogens is 1. The number of nitrogens with one attached hydrogen (secondary N) is 1. The van der Waals surface area contributed by atoms with E-state index in [-0.39, 0.29) is 5.56 Å². The lowest BCUT2D eigenvalue weighted by Gasteiger charge is -2.07. The third-order valence-corrected chi connectivity index (χ3v) is 5.02. The van der Waals surface area contributed by atoms with Crippen molar-refractivity contribution in [3.8, 4) is 6.07 Å². The van der Waals surface area contributed by atoms with Gasteiger partial charge in [-0.05, 0) is 36.9 Å². The van der Waals surface area contributed by atoms with Crippen molar-refractivity contribution in [2.24, 2.45) is 0 Å². The number of aromatic amines is 1. The Bertz CT molecular complexity index is 952. The van der Waals surface area contributed by atoms with Gasteiger partial charge in [-0.2, -0.15) is 5.26 Å². The Kier molecular flexibility index (Phi) is 3.96. The fourth-order valence-corrected chi connectivity index (χ4v) is 3.86. The summed E-state index contributed by atoms with van der Waals surface area (Å²) in [5.41, 5.74) is 2.94. The minimum atomic E-state index is -0.121. The van der Waals surface area contributed by atoms with E-state index >= 15 is 0 Å². The smallest absolute Gasteiger partial charge is 0.268 e. The zero-order chi connectivity index (χ0) is 15.7. The lowest BCUT2D eigenvalue weighted by molar-refractivity contribution is 1.01. The molecule has 22 heavy (non-hydrogen) atoms. The van der Waals surface area contributed by atoms with Crippen molar-refractivity contribution in [1.82, 2.24) is 15.0 Å². The topological polar surface area (TPSA) is 82.4 Å². The average molecular weight is 328 g/mol. The van der Waals surface area contributed by atoms with E-state index in [0.717, 1.165) is 11.3 Å². The first-order chi connectivity index (χ1) is 10.6. The molecule has 1 N–H and O–H groups in total. The van der Waals surface area contributed by atoms with Crippen molar-refractivity contribution in [3.05, 3.63) is 50.5 Å². The quantitative estimate of drug-likeness (QED) is 0.747. The fourth-order valence-electron chi connectivity index (χ4n) is 2.17. The van der Waals surface area contributed by atoms with Crippen molar-refractivity contribution in [3.63, 3.8) is 0 Å². The number of hydrogen-bond acceptors (Lipinski definition) is 6. The van der Waals surface area contributed by atoms with Gasteiger partial charge in [0.2, 0.25) is 0 Å². The number of aryl methyl sites for hydroxylation is 2. The zero-order valence-corrected chi connectivity index (χ0v) is 13.6. The number of nitrogens with zero attached hydrogens (tertiary/aromatic N) is 3. The normalized spacial score (nSPS) is 10.8. The highest BCUT2D eigenvalue weighted by Gasteiger charge is 2.11. The van der Waals surface area contributed by atoms with Gasteiger partial charge in [-0.15, -0.1) is 11.3 Å². The Morgan fingerprint density at radius 2 is 2.23 bits per heavy atom. The number of thiophene rings is 1. The van der Waals surface area contributed by atoms with E-state index < -0.39 is 0 Å². The Morgan fingerprint density at radius 3 is 3.00 bits per heavy atom. The third kappa shape index (κ3) is 2.75. The van der Waals surface area contributed by atoms with E-state index in [1.807, 2.05) is 31.4 Å². The van der Waals surface area contributed by atoms with Gasteiger partial charge >= 0.3 is 0 Å². The molecular weight excluding hydrogens is 316 g/mol. The largest absolute Gasteiger partial charge is 0.309 e. The van der Waals surface area contributed by atoms with Crippen LogP contribution in [0.4, 0.5) is 0 Å². The lowest BCUT2D eigenvalue weighted by atomic mass is 10.1. The van der Waals surface area contributed by atoms with Gasteiger partial charge < -0.3 is 4.98 Å². The molecule has 3 rings (SSSR count). The van der Waals surface area contributed by atoms with Crippen molar-refractivity contribution in [2.75, 3.05) is 0 Å². The second-order valence-electron chi connectivity index (χ2n) is 4.81. The van der Waals surface area contributed by atoms with Crippen LogP contribution in [0.15, 0.2) is 27.3 Å². The fraction of sp³-hybridized carbons (Fsp3) is 0.200. The molecule has 0 amide bonds. The van der Waals surface area contributed by atoms with Gasteiger partial charge in [0.1, 0.15) is 21.6 Å². The maximum Gasteiger partial charge on any atom is 0.268 e. The monoisotopic (exact) mass is 328 g/mol. The van der Waals surface area contributed by atoms with Crippen LogP contribution in [0.5, 0.6) is 0 Å².